The Morgan fingerprint density at radius 3 is 2.07 bits per heavy atom. The van der Waals surface area contributed by atoms with Crippen molar-refractivity contribution in [3.8, 4) is 0 Å². The van der Waals surface area contributed by atoms with Crippen molar-refractivity contribution in [3.05, 3.63) is 64.9 Å². The maximum Gasteiger partial charge on any atom is 0.332 e. The molecule has 0 spiro atoms. The molecule has 0 saturated carbocycles. The van der Waals surface area contributed by atoms with E-state index in [0.29, 0.717) is 16.4 Å². The first kappa shape index (κ1) is 20.0. The highest BCUT2D eigenvalue weighted by Gasteiger charge is 2.48. The van der Waals surface area contributed by atoms with Crippen LogP contribution in [-0.4, -0.2) is 47.5 Å². The monoisotopic (exact) mass is 428 g/mol. The number of benzene rings is 2. The number of anilines is 1. The van der Waals surface area contributed by atoms with Gasteiger partial charge in [-0.05, 0) is 42.0 Å². The van der Waals surface area contributed by atoms with Gasteiger partial charge in [-0.1, -0.05) is 23.7 Å². The summed E-state index contributed by atoms with van der Waals surface area (Å²) >= 11 is 6.00. The minimum Gasteiger partial charge on any atom is -0.273 e. The van der Waals surface area contributed by atoms with Crippen molar-refractivity contribution in [1.82, 2.24) is 9.80 Å². The van der Waals surface area contributed by atoms with E-state index in [9.17, 15) is 18.8 Å². The minimum atomic E-state index is -1.18. The van der Waals surface area contributed by atoms with Crippen molar-refractivity contribution in [2.24, 2.45) is 11.0 Å². The highest BCUT2D eigenvalue weighted by Crippen LogP contribution is 2.38. The molecule has 0 radical (unpaired) electrons. The summed E-state index contributed by atoms with van der Waals surface area (Å²) in [6.07, 6.45) is 0.270. The predicted molar refractivity (Wildman–Crippen MR) is 110 cm³/mol. The van der Waals surface area contributed by atoms with Crippen LogP contribution in [0.4, 0.5) is 14.9 Å². The molecule has 0 N–H and O–H groups in total. The standard InChI is InChI=1S/C21H18ClFN4O3/c1-25-19(28)18(20(29)26(2)21(25)30)16-11-17(12-3-7-14(23)8-4-12)27(24-16)15-9-5-13(22)6-10-15/h3-10,17-18H,11H2,1-2H3. The van der Waals surface area contributed by atoms with Crippen LogP contribution >= 0.6 is 11.6 Å². The van der Waals surface area contributed by atoms with Gasteiger partial charge in [-0.3, -0.25) is 24.4 Å². The Morgan fingerprint density at radius 2 is 1.50 bits per heavy atom. The molecule has 1 fully saturated rings. The second-order valence-electron chi connectivity index (χ2n) is 7.19. The Kier molecular flexibility index (Phi) is 5.03. The highest BCUT2D eigenvalue weighted by atomic mass is 35.5. The highest BCUT2D eigenvalue weighted by molar-refractivity contribution is 6.30. The molecule has 4 amide bonds. The number of nitrogens with zero attached hydrogens (tertiary/aromatic N) is 4. The molecule has 7 nitrogen and oxygen atoms in total. The molecule has 2 aromatic carbocycles. The number of halogens is 2. The molecule has 0 aliphatic carbocycles. The number of carbonyl (C=O) groups excluding carboxylic acids is 3. The largest absolute Gasteiger partial charge is 0.332 e. The lowest BCUT2D eigenvalue weighted by molar-refractivity contribution is -0.144. The number of imide groups is 2. The average molecular weight is 429 g/mol. The van der Waals surface area contributed by atoms with Gasteiger partial charge in [-0.25, -0.2) is 9.18 Å². The summed E-state index contributed by atoms with van der Waals surface area (Å²) in [5.74, 6) is -2.77. The molecular formula is C21H18ClFN4O3. The van der Waals surface area contributed by atoms with E-state index >= 15 is 0 Å². The van der Waals surface area contributed by atoms with E-state index in [2.05, 4.69) is 5.10 Å². The molecule has 0 aromatic heterocycles. The third kappa shape index (κ3) is 3.33. The lowest BCUT2D eigenvalue weighted by atomic mass is 9.91. The van der Waals surface area contributed by atoms with Crippen molar-refractivity contribution in [2.75, 3.05) is 19.1 Å². The number of carbonyl (C=O) groups is 3. The first-order valence-corrected chi connectivity index (χ1v) is 9.62. The van der Waals surface area contributed by atoms with Crippen molar-refractivity contribution in [3.63, 3.8) is 0 Å². The summed E-state index contributed by atoms with van der Waals surface area (Å²) in [5, 5.41) is 6.84. The third-order valence-corrected chi connectivity index (χ3v) is 5.59. The van der Waals surface area contributed by atoms with Crippen molar-refractivity contribution >= 4 is 40.8 Å². The number of rotatable bonds is 3. The molecule has 1 atom stereocenters. The molecular weight excluding hydrogens is 411 g/mol. The summed E-state index contributed by atoms with van der Waals surface area (Å²) < 4.78 is 13.4. The quantitative estimate of drug-likeness (QED) is 0.702. The number of urea groups is 1. The van der Waals surface area contributed by atoms with E-state index in [1.807, 2.05) is 0 Å². The zero-order chi connectivity index (χ0) is 21.6. The van der Waals surface area contributed by atoms with Gasteiger partial charge >= 0.3 is 6.03 Å². The minimum absolute atomic E-state index is 0.270. The fraction of sp³-hybridized carbons (Fsp3) is 0.238. The number of barbiturate groups is 1. The van der Waals surface area contributed by atoms with Crippen LogP contribution in [0.1, 0.15) is 18.0 Å². The van der Waals surface area contributed by atoms with Gasteiger partial charge in [0.15, 0.2) is 5.92 Å². The molecule has 1 unspecified atom stereocenters. The van der Waals surface area contributed by atoms with Gasteiger partial charge in [0.25, 0.3) is 0 Å². The fourth-order valence-electron chi connectivity index (χ4n) is 3.68. The summed E-state index contributed by atoms with van der Waals surface area (Å²) in [7, 11) is 2.68. The maximum atomic E-state index is 13.4. The number of hydrogen-bond acceptors (Lipinski definition) is 5. The van der Waals surface area contributed by atoms with Gasteiger partial charge in [-0.2, -0.15) is 5.10 Å². The molecule has 2 aliphatic heterocycles. The summed E-state index contributed by atoms with van der Waals surface area (Å²) in [6.45, 7) is 0. The summed E-state index contributed by atoms with van der Waals surface area (Å²) in [4.78, 5) is 39.4. The zero-order valence-electron chi connectivity index (χ0n) is 16.3. The van der Waals surface area contributed by atoms with Crippen LogP contribution < -0.4 is 5.01 Å². The van der Waals surface area contributed by atoms with Crippen LogP contribution in [0.2, 0.25) is 5.02 Å². The predicted octanol–water partition coefficient (Wildman–Crippen LogP) is 3.45. The molecule has 0 bridgehead atoms. The second kappa shape index (κ2) is 7.53. The van der Waals surface area contributed by atoms with Gasteiger partial charge in [0, 0.05) is 25.5 Å². The number of hydrogen-bond donors (Lipinski definition) is 0. The van der Waals surface area contributed by atoms with Crippen LogP contribution in [0.15, 0.2) is 53.6 Å². The number of amides is 4. The smallest absolute Gasteiger partial charge is 0.273 e. The fourth-order valence-corrected chi connectivity index (χ4v) is 3.80. The molecule has 2 aromatic rings. The van der Waals surface area contributed by atoms with E-state index in [4.69, 9.17) is 11.6 Å². The Hall–Kier alpha value is -3.26. The molecule has 2 heterocycles. The van der Waals surface area contributed by atoms with Crippen LogP contribution in [0.3, 0.4) is 0 Å². The first-order valence-electron chi connectivity index (χ1n) is 9.24. The van der Waals surface area contributed by atoms with Gasteiger partial charge < -0.3 is 0 Å². The van der Waals surface area contributed by atoms with E-state index in [0.717, 1.165) is 15.4 Å². The van der Waals surface area contributed by atoms with Gasteiger partial charge in [0.2, 0.25) is 11.8 Å². The Morgan fingerprint density at radius 1 is 0.933 bits per heavy atom. The Bertz CT molecular complexity index is 1030. The molecule has 4 rings (SSSR count). The third-order valence-electron chi connectivity index (χ3n) is 5.34. The topological polar surface area (TPSA) is 73.3 Å². The lowest BCUT2D eigenvalue weighted by Gasteiger charge is -2.32. The molecule has 30 heavy (non-hydrogen) atoms. The molecule has 154 valence electrons. The van der Waals surface area contributed by atoms with Crippen LogP contribution in [0.25, 0.3) is 0 Å². The van der Waals surface area contributed by atoms with Crippen molar-refractivity contribution < 1.29 is 18.8 Å². The van der Waals surface area contributed by atoms with E-state index in [1.165, 1.54) is 26.2 Å². The summed E-state index contributed by atoms with van der Waals surface area (Å²) in [5.41, 5.74) is 1.83. The van der Waals surface area contributed by atoms with Crippen molar-refractivity contribution in [1.29, 1.82) is 0 Å². The average Bonchev–Trinajstić information content (AvgIpc) is 3.17. The Labute approximate surface area is 177 Å². The van der Waals surface area contributed by atoms with E-state index < -0.39 is 23.8 Å². The second-order valence-corrected chi connectivity index (χ2v) is 7.63. The number of hydrazone groups is 1. The molecule has 9 heteroatoms. The van der Waals surface area contributed by atoms with E-state index in [1.54, 1.807) is 41.4 Å². The van der Waals surface area contributed by atoms with Gasteiger partial charge in [0.1, 0.15) is 5.82 Å². The van der Waals surface area contributed by atoms with Crippen LogP contribution in [0, 0.1) is 11.7 Å². The normalized spacial score (nSPS) is 20.3. The maximum absolute atomic E-state index is 13.4. The molecule has 1 saturated heterocycles. The lowest BCUT2D eigenvalue weighted by Crippen LogP contribution is -2.58. The van der Waals surface area contributed by atoms with Crippen molar-refractivity contribution in [2.45, 2.75) is 12.5 Å². The van der Waals surface area contributed by atoms with Crippen LogP contribution in [-0.2, 0) is 9.59 Å². The first-order chi connectivity index (χ1) is 14.3. The van der Waals surface area contributed by atoms with Gasteiger partial charge in [0.05, 0.1) is 17.4 Å². The Balaban J connectivity index is 1.75. The van der Waals surface area contributed by atoms with Gasteiger partial charge in [-0.15, -0.1) is 0 Å². The SMILES string of the molecule is CN1C(=O)C(C2=NN(c3ccc(Cl)cc3)C(c3ccc(F)cc3)C2)C(=O)N(C)C1=O. The van der Waals surface area contributed by atoms with Crippen LogP contribution in [0.5, 0.6) is 0 Å². The molecule has 2 aliphatic rings. The van der Waals surface area contributed by atoms with E-state index in [-0.39, 0.29) is 18.3 Å². The summed E-state index contributed by atoms with van der Waals surface area (Å²) in [6, 6.07) is 11.9. The zero-order valence-corrected chi connectivity index (χ0v) is 17.0.